The van der Waals surface area contributed by atoms with E-state index in [1.165, 1.54) is 19.2 Å². The topological polar surface area (TPSA) is 122 Å². The maximum atomic E-state index is 12.1. The first-order valence-electron chi connectivity index (χ1n) is 5.81. The number of carbonyl (C=O) groups excluding carboxylic acids is 2. The fourth-order valence-electron chi connectivity index (χ4n) is 1.79. The van der Waals surface area contributed by atoms with E-state index in [1.807, 2.05) is 0 Å². The Bertz CT molecular complexity index is 714. The SMILES string of the molecule is CN1C(=O)CC(NS(=O)(=O)c2ccc(C(N)=S)nc2)C1=O. The first kappa shape index (κ1) is 15.5. The molecule has 2 amide bonds. The Kier molecular flexibility index (Phi) is 4.03. The fraction of sp³-hybridized carbons (Fsp3) is 0.273. The Labute approximate surface area is 126 Å². The highest BCUT2D eigenvalue weighted by Crippen LogP contribution is 2.15. The standard InChI is InChI=1S/C11H12N4O4S2/c1-15-9(16)4-8(11(15)17)14-21(18,19)6-2-3-7(10(12)20)13-5-6/h2-3,5,8,14H,4H2,1H3,(H2,12,20). The maximum Gasteiger partial charge on any atom is 0.247 e. The van der Waals surface area contributed by atoms with Crippen molar-refractivity contribution in [3.05, 3.63) is 24.0 Å². The van der Waals surface area contributed by atoms with Crippen LogP contribution in [0.15, 0.2) is 23.2 Å². The van der Waals surface area contributed by atoms with E-state index < -0.39 is 27.9 Å². The third-order valence-electron chi connectivity index (χ3n) is 2.98. The minimum absolute atomic E-state index is 0.0464. The maximum absolute atomic E-state index is 12.1. The molecule has 0 aromatic carbocycles. The van der Waals surface area contributed by atoms with Crippen molar-refractivity contribution in [2.24, 2.45) is 5.73 Å². The van der Waals surface area contributed by atoms with Gasteiger partial charge < -0.3 is 5.73 Å². The molecule has 1 saturated heterocycles. The zero-order valence-electron chi connectivity index (χ0n) is 10.9. The van der Waals surface area contributed by atoms with Crippen molar-refractivity contribution in [2.75, 3.05) is 7.05 Å². The molecule has 0 radical (unpaired) electrons. The van der Waals surface area contributed by atoms with Crippen LogP contribution in [-0.4, -0.2) is 48.2 Å². The van der Waals surface area contributed by atoms with Gasteiger partial charge in [0, 0.05) is 13.2 Å². The van der Waals surface area contributed by atoms with Crippen LogP contribution < -0.4 is 10.5 Å². The zero-order chi connectivity index (χ0) is 15.8. The van der Waals surface area contributed by atoms with Crippen LogP contribution >= 0.6 is 12.2 Å². The third kappa shape index (κ3) is 3.06. The van der Waals surface area contributed by atoms with E-state index in [9.17, 15) is 18.0 Å². The summed E-state index contributed by atoms with van der Waals surface area (Å²) in [4.78, 5) is 27.7. The van der Waals surface area contributed by atoms with E-state index >= 15 is 0 Å². The minimum Gasteiger partial charge on any atom is -0.388 e. The van der Waals surface area contributed by atoms with E-state index in [0.29, 0.717) is 0 Å². The average molecular weight is 328 g/mol. The van der Waals surface area contributed by atoms with Crippen molar-refractivity contribution in [3.8, 4) is 0 Å². The van der Waals surface area contributed by atoms with Gasteiger partial charge >= 0.3 is 0 Å². The number of carbonyl (C=O) groups is 2. The van der Waals surface area contributed by atoms with Crippen LogP contribution in [0.5, 0.6) is 0 Å². The lowest BCUT2D eigenvalue weighted by atomic mass is 10.3. The quantitative estimate of drug-likeness (QED) is 0.523. The van der Waals surface area contributed by atoms with Crippen LogP contribution in [0, 0.1) is 0 Å². The van der Waals surface area contributed by atoms with Crippen molar-refractivity contribution in [1.82, 2.24) is 14.6 Å². The molecule has 1 aromatic rings. The summed E-state index contributed by atoms with van der Waals surface area (Å²) < 4.78 is 26.4. The van der Waals surface area contributed by atoms with Gasteiger partial charge in [0.05, 0.1) is 12.1 Å². The number of nitrogens with two attached hydrogens (primary N) is 1. The highest BCUT2D eigenvalue weighted by molar-refractivity contribution is 7.89. The molecule has 0 saturated carbocycles. The van der Waals surface area contributed by atoms with E-state index in [0.717, 1.165) is 11.1 Å². The fourth-order valence-corrected chi connectivity index (χ4v) is 3.04. The summed E-state index contributed by atoms with van der Waals surface area (Å²) in [6.07, 6.45) is 0.884. The molecule has 8 nitrogen and oxygen atoms in total. The van der Waals surface area contributed by atoms with Crippen LogP contribution in [0.2, 0.25) is 0 Å². The highest BCUT2D eigenvalue weighted by Gasteiger charge is 2.38. The van der Waals surface area contributed by atoms with Gasteiger partial charge in [-0.15, -0.1) is 0 Å². The number of likely N-dealkylation sites (tertiary alicyclic amines) is 1. The Morgan fingerprint density at radius 2 is 2.14 bits per heavy atom. The molecule has 2 rings (SSSR count). The number of imide groups is 1. The second-order valence-electron chi connectivity index (χ2n) is 4.41. The average Bonchev–Trinajstić information content (AvgIpc) is 2.66. The summed E-state index contributed by atoms with van der Waals surface area (Å²) in [5.41, 5.74) is 5.66. The van der Waals surface area contributed by atoms with Crippen molar-refractivity contribution in [3.63, 3.8) is 0 Å². The summed E-state index contributed by atoms with van der Waals surface area (Å²) >= 11 is 4.72. The number of nitrogens with zero attached hydrogens (tertiary/aromatic N) is 2. The number of likely N-dealkylation sites (N-methyl/N-ethyl adjacent to an activating group) is 1. The van der Waals surface area contributed by atoms with Crippen molar-refractivity contribution in [1.29, 1.82) is 0 Å². The lowest BCUT2D eigenvalue weighted by Crippen LogP contribution is -2.40. The van der Waals surface area contributed by atoms with Crippen molar-refractivity contribution in [2.45, 2.75) is 17.4 Å². The van der Waals surface area contributed by atoms with Gasteiger partial charge in [0.2, 0.25) is 21.8 Å². The number of rotatable bonds is 4. The lowest BCUT2D eigenvalue weighted by molar-refractivity contribution is -0.137. The van der Waals surface area contributed by atoms with Crippen LogP contribution in [0.1, 0.15) is 12.1 Å². The Morgan fingerprint density at radius 1 is 1.48 bits per heavy atom. The van der Waals surface area contributed by atoms with E-state index in [4.69, 9.17) is 18.0 Å². The molecule has 21 heavy (non-hydrogen) atoms. The Balaban J connectivity index is 2.21. The summed E-state index contributed by atoms with van der Waals surface area (Å²) in [5, 5.41) is 0. The minimum atomic E-state index is -3.96. The predicted octanol–water partition coefficient (Wildman–Crippen LogP) is -1.25. The Hall–Kier alpha value is -1.91. The van der Waals surface area contributed by atoms with E-state index in [1.54, 1.807) is 0 Å². The van der Waals surface area contributed by atoms with Gasteiger partial charge in [-0.2, -0.15) is 4.72 Å². The summed E-state index contributed by atoms with van der Waals surface area (Å²) in [5.74, 6) is -1.02. The van der Waals surface area contributed by atoms with E-state index in [-0.39, 0.29) is 22.0 Å². The molecular formula is C11H12N4O4S2. The van der Waals surface area contributed by atoms with Gasteiger partial charge in [0.25, 0.3) is 0 Å². The highest BCUT2D eigenvalue weighted by atomic mass is 32.2. The number of sulfonamides is 1. The van der Waals surface area contributed by atoms with Gasteiger partial charge in [-0.25, -0.2) is 8.42 Å². The van der Waals surface area contributed by atoms with Crippen LogP contribution in [0.25, 0.3) is 0 Å². The van der Waals surface area contributed by atoms with Crippen LogP contribution in [-0.2, 0) is 19.6 Å². The van der Waals surface area contributed by atoms with Crippen molar-refractivity contribution < 1.29 is 18.0 Å². The van der Waals surface area contributed by atoms with Gasteiger partial charge in [-0.3, -0.25) is 19.5 Å². The molecule has 1 aliphatic heterocycles. The number of nitrogens with one attached hydrogen (secondary N) is 1. The smallest absolute Gasteiger partial charge is 0.247 e. The lowest BCUT2D eigenvalue weighted by Gasteiger charge is -2.11. The number of aromatic nitrogens is 1. The van der Waals surface area contributed by atoms with Gasteiger partial charge in [0.15, 0.2) is 0 Å². The molecule has 1 unspecified atom stereocenters. The first-order valence-corrected chi connectivity index (χ1v) is 7.70. The van der Waals surface area contributed by atoms with Crippen LogP contribution in [0.3, 0.4) is 0 Å². The molecule has 0 bridgehead atoms. The number of amides is 2. The number of thiocarbonyl (C=S) groups is 1. The molecule has 112 valence electrons. The number of hydrogen-bond donors (Lipinski definition) is 2. The molecule has 1 atom stereocenters. The molecule has 1 aromatic heterocycles. The summed E-state index contributed by atoms with van der Waals surface area (Å²) in [6, 6.07) is 1.54. The predicted molar refractivity (Wildman–Crippen MR) is 76.6 cm³/mol. The van der Waals surface area contributed by atoms with Gasteiger partial charge in [-0.05, 0) is 12.1 Å². The van der Waals surface area contributed by atoms with E-state index in [2.05, 4.69) is 9.71 Å². The van der Waals surface area contributed by atoms with Gasteiger partial charge in [0.1, 0.15) is 15.9 Å². The first-order chi connectivity index (χ1) is 9.72. The molecule has 0 spiro atoms. The summed E-state index contributed by atoms with van der Waals surface area (Å²) in [6.45, 7) is 0. The summed E-state index contributed by atoms with van der Waals surface area (Å²) in [7, 11) is -2.66. The molecule has 1 aliphatic rings. The normalized spacial score (nSPS) is 19.1. The zero-order valence-corrected chi connectivity index (χ0v) is 12.6. The molecule has 3 N–H and O–H groups in total. The Morgan fingerprint density at radius 3 is 2.57 bits per heavy atom. The molecular weight excluding hydrogens is 316 g/mol. The van der Waals surface area contributed by atoms with Gasteiger partial charge in [-0.1, -0.05) is 12.2 Å². The van der Waals surface area contributed by atoms with Crippen LogP contribution in [0.4, 0.5) is 0 Å². The van der Waals surface area contributed by atoms with Crippen molar-refractivity contribution >= 4 is 39.0 Å². The monoisotopic (exact) mass is 328 g/mol. The second-order valence-corrected chi connectivity index (χ2v) is 6.57. The largest absolute Gasteiger partial charge is 0.388 e. The number of hydrogen-bond acceptors (Lipinski definition) is 6. The number of pyridine rings is 1. The molecule has 2 heterocycles. The molecule has 1 fully saturated rings. The third-order valence-corrected chi connectivity index (χ3v) is 4.64. The molecule has 10 heteroatoms. The molecule has 0 aliphatic carbocycles. The second kappa shape index (κ2) is 5.47.